The standard InChI is InChI=1S/C21H23N3O5/c1-14(21(28)29)23-20(27)17(12-15-8-4-2-5-9-15)24-18(25)13-22-19(26)16-10-6-3-7-11-16/h2-11,14,17H,12-13H2,1H3,(H,22,26)(H,23,27)(H,24,25)(H,28,29)/t14-,17-/m0/s1. The van der Waals surface area contributed by atoms with Crippen LogP contribution in [0.5, 0.6) is 0 Å². The molecule has 2 rings (SSSR count). The number of nitrogens with one attached hydrogen (secondary N) is 3. The summed E-state index contributed by atoms with van der Waals surface area (Å²) >= 11 is 0. The number of rotatable bonds is 9. The van der Waals surface area contributed by atoms with Crippen molar-refractivity contribution in [3.05, 3.63) is 71.8 Å². The summed E-state index contributed by atoms with van der Waals surface area (Å²) in [6.07, 6.45) is 0.178. The first-order valence-electron chi connectivity index (χ1n) is 9.06. The Morgan fingerprint density at radius 3 is 2.07 bits per heavy atom. The molecule has 4 N–H and O–H groups in total. The molecule has 0 fully saturated rings. The van der Waals surface area contributed by atoms with Crippen molar-refractivity contribution in [3.63, 3.8) is 0 Å². The maximum Gasteiger partial charge on any atom is 0.325 e. The van der Waals surface area contributed by atoms with E-state index in [1.54, 1.807) is 54.6 Å². The molecule has 2 aromatic carbocycles. The minimum absolute atomic E-state index is 0.178. The lowest BCUT2D eigenvalue weighted by molar-refractivity contribution is -0.141. The number of hydrogen-bond donors (Lipinski definition) is 4. The molecule has 2 atom stereocenters. The molecule has 152 valence electrons. The first-order valence-corrected chi connectivity index (χ1v) is 9.06. The molecule has 3 amide bonds. The Kier molecular flexibility index (Phi) is 7.90. The molecule has 0 aliphatic carbocycles. The van der Waals surface area contributed by atoms with Crippen LogP contribution in [0.4, 0.5) is 0 Å². The Morgan fingerprint density at radius 2 is 1.48 bits per heavy atom. The van der Waals surface area contributed by atoms with Gasteiger partial charge in [-0.25, -0.2) is 0 Å². The molecule has 0 unspecified atom stereocenters. The van der Waals surface area contributed by atoms with Gasteiger partial charge in [-0.05, 0) is 24.6 Å². The van der Waals surface area contributed by atoms with Crippen molar-refractivity contribution < 1.29 is 24.3 Å². The third-order valence-corrected chi connectivity index (χ3v) is 4.11. The van der Waals surface area contributed by atoms with Crippen molar-refractivity contribution in [2.24, 2.45) is 0 Å². The average molecular weight is 397 g/mol. The van der Waals surface area contributed by atoms with Gasteiger partial charge in [0.2, 0.25) is 11.8 Å². The molecule has 0 saturated carbocycles. The topological polar surface area (TPSA) is 125 Å². The zero-order valence-electron chi connectivity index (χ0n) is 15.9. The van der Waals surface area contributed by atoms with Gasteiger partial charge in [0.05, 0.1) is 6.54 Å². The molecule has 0 aromatic heterocycles. The summed E-state index contributed by atoms with van der Waals surface area (Å²) in [5.41, 5.74) is 1.21. The summed E-state index contributed by atoms with van der Waals surface area (Å²) in [4.78, 5) is 47.8. The van der Waals surface area contributed by atoms with E-state index < -0.39 is 35.8 Å². The lowest BCUT2D eigenvalue weighted by Gasteiger charge is -2.20. The highest BCUT2D eigenvalue weighted by molar-refractivity contribution is 5.97. The van der Waals surface area contributed by atoms with Crippen molar-refractivity contribution in [2.75, 3.05) is 6.54 Å². The van der Waals surface area contributed by atoms with Crippen molar-refractivity contribution in [2.45, 2.75) is 25.4 Å². The molecule has 0 spiro atoms. The average Bonchev–Trinajstić information content (AvgIpc) is 2.72. The summed E-state index contributed by atoms with van der Waals surface area (Å²) in [5.74, 6) is -2.78. The molecule has 0 saturated heterocycles. The third-order valence-electron chi connectivity index (χ3n) is 4.11. The SMILES string of the molecule is C[C@H](NC(=O)[C@H](Cc1ccccc1)NC(=O)CNC(=O)c1ccccc1)C(=O)O. The van der Waals surface area contributed by atoms with Crippen LogP contribution in [0.25, 0.3) is 0 Å². The predicted molar refractivity (Wildman–Crippen MR) is 106 cm³/mol. The van der Waals surface area contributed by atoms with Gasteiger partial charge in [0.15, 0.2) is 0 Å². The van der Waals surface area contributed by atoms with Crippen LogP contribution in [-0.2, 0) is 20.8 Å². The number of amides is 3. The van der Waals surface area contributed by atoms with Gasteiger partial charge in [-0.3, -0.25) is 19.2 Å². The van der Waals surface area contributed by atoms with Gasteiger partial charge in [-0.15, -0.1) is 0 Å². The largest absolute Gasteiger partial charge is 0.480 e. The maximum atomic E-state index is 12.5. The van der Waals surface area contributed by atoms with Gasteiger partial charge >= 0.3 is 5.97 Å². The van der Waals surface area contributed by atoms with E-state index in [-0.39, 0.29) is 13.0 Å². The minimum atomic E-state index is -1.18. The van der Waals surface area contributed by atoms with E-state index in [2.05, 4.69) is 16.0 Å². The van der Waals surface area contributed by atoms with Crippen LogP contribution in [0.1, 0.15) is 22.8 Å². The van der Waals surface area contributed by atoms with Gasteiger partial charge < -0.3 is 21.1 Å². The highest BCUT2D eigenvalue weighted by Crippen LogP contribution is 2.04. The minimum Gasteiger partial charge on any atom is -0.480 e. The molecular weight excluding hydrogens is 374 g/mol. The fourth-order valence-corrected chi connectivity index (χ4v) is 2.53. The number of carbonyl (C=O) groups excluding carboxylic acids is 3. The number of aliphatic carboxylic acids is 1. The Morgan fingerprint density at radius 1 is 0.897 bits per heavy atom. The predicted octanol–water partition coefficient (Wildman–Crippen LogP) is 0.733. The highest BCUT2D eigenvalue weighted by Gasteiger charge is 2.24. The molecular formula is C21H23N3O5. The van der Waals surface area contributed by atoms with Crippen LogP contribution in [0, 0.1) is 0 Å². The van der Waals surface area contributed by atoms with Gasteiger partial charge in [0.1, 0.15) is 12.1 Å². The molecule has 0 aliphatic heterocycles. The Bertz CT molecular complexity index is 855. The number of benzene rings is 2. The van der Waals surface area contributed by atoms with Gasteiger partial charge in [0, 0.05) is 12.0 Å². The normalized spacial score (nSPS) is 12.3. The Balaban J connectivity index is 1.99. The van der Waals surface area contributed by atoms with Crippen LogP contribution < -0.4 is 16.0 Å². The quantitative estimate of drug-likeness (QED) is 0.497. The van der Waals surface area contributed by atoms with E-state index in [4.69, 9.17) is 5.11 Å². The van der Waals surface area contributed by atoms with Crippen LogP contribution in [-0.4, -0.2) is 47.4 Å². The second kappa shape index (κ2) is 10.6. The van der Waals surface area contributed by atoms with E-state index >= 15 is 0 Å². The molecule has 0 radical (unpaired) electrons. The van der Waals surface area contributed by atoms with Crippen LogP contribution >= 0.6 is 0 Å². The smallest absolute Gasteiger partial charge is 0.325 e. The second-order valence-corrected chi connectivity index (χ2v) is 6.43. The lowest BCUT2D eigenvalue weighted by atomic mass is 10.0. The molecule has 2 aromatic rings. The van der Waals surface area contributed by atoms with Crippen molar-refractivity contribution in [1.29, 1.82) is 0 Å². The molecule has 0 bridgehead atoms. The monoisotopic (exact) mass is 397 g/mol. The second-order valence-electron chi connectivity index (χ2n) is 6.43. The summed E-state index contributed by atoms with van der Waals surface area (Å²) in [7, 11) is 0. The number of carboxylic acids is 1. The third kappa shape index (κ3) is 7.10. The Hall–Kier alpha value is -3.68. The first-order chi connectivity index (χ1) is 13.9. The van der Waals surface area contributed by atoms with E-state index in [9.17, 15) is 19.2 Å². The van der Waals surface area contributed by atoms with E-state index in [1.165, 1.54) is 6.92 Å². The van der Waals surface area contributed by atoms with E-state index in [0.29, 0.717) is 5.56 Å². The molecule has 0 aliphatic rings. The fourth-order valence-electron chi connectivity index (χ4n) is 2.53. The zero-order valence-corrected chi connectivity index (χ0v) is 15.9. The van der Waals surface area contributed by atoms with Crippen molar-refractivity contribution in [1.82, 2.24) is 16.0 Å². The van der Waals surface area contributed by atoms with Gasteiger partial charge in [-0.1, -0.05) is 48.5 Å². The fraction of sp³-hybridized carbons (Fsp3) is 0.238. The molecule has 29 heavy (non-hydrogen) atoms. The van der Waals surface area contributed by atoms with Crippen LogP contribution in [0.3, 0.4) is 0 Å². The van der Waals surface area contributed by atoms with Crippen molar-refractivity contribution in [3.8, 4) is 0 Å². The maximum absolute atomic E-state index is 12.5. The first kappa shape index (κ1) is 21.6. The number of carboxylic acid groups (broad SMARTS) is 1. The summed E-state index contributed by atoms with van der Waals surface area (Å²) in [5, 5.41) is 16.4. The zero-order chi connectivity index (χ0) is 21.2. The van der Waals surface area contributed by atoms with E-state index in [1.807, 2.05) is 6.07 Å². The highest BCUT2D eigenvalue weighted by atomic mass is 16.4. The molecule has 0 heterocycles. The summed E-state index contributed by atoms with van der Waals surface area (Å²) in [6, 6.07) is 15.3. The summed E-state index contributed by atoms with van der Waals surface area (Å²) < 4.78 is 0. The summed E-state index contributed by atoms with van der Waals surface area (Å²) in [6.45, 7) is 1.02. The van der Waals surface area contributed by atoms with Gasteiger partial charge in [-0.2, -0.15) is 0 Å². The number of carbonyl (C=O) groups is 4. The van der Waals surface area contributed by atoms with E-state index in [0.717, 1.165) is 5.56 Å². The molecule has 8 nitrogen and oxygen atoms in total. The number of hydrogen-bond acceptors (Lipinski definition) is 4. The lowest BCUT2D eigenvalue weighted by Crippen LogP contribution is -2.53. The van der Waals surface area contributed by atoms with Crippen molar-refractivity contribution >= 4 is 23.7 Å². The van der Waals surface area contributed by atoms with Crippen LogP contribution in [0.15, 0.2) is 60.7 Å². The Labute approximate surface area is 168 Å². The van der Waals surface area contributed by atoms with Gasteiger partial charge in [0.25, 0.3) is 5.91 Å². The molecule has 8 heteroatoms. The van der Waals surface area contributed by atoms with Crippen LogP contribution in [0.2, 0.25) is 0 Å².